The molecular weight excluding hydrogens is 117 g/mol. The van der Waals surface area contributed by atoms with Gasteiger partial charge in [0.2, 0.25) is 0 Å². The smallest absolute Gasteiger partial charge is 0.127 e. The zero-order valence-electron chi connectivity index (χ0n) is 5.89. The van der Waals surface area contributed by atoms with E-state index in [1.54, 1.807) is 6.92 Å². The Hall–Kier alpha value is -0.660. The van der Waals surface area contributed by atoms with Crippen LogP contribution in [0.3, 0.4) is 0 Å². The molecule has 0 aromatic carbocycles. The summed E-state index contributed by atoms with van der Waals surface area (Å²) in [6.07, 6.45) is 3.79. The van der Waals surface area contributed by atoms with Crippen LogP contribution in [0.2, 0.25) is 0 Å². The van der Waals surface area contributed by atoms with Crippen LogP contribution in [-0.2, 0) is 0 Å². The summed E-state index contributed by atoms with van der Waals surface area (Å²) in [7, 11) is 0. The summed E-state index contributed by atoms with van der Waals surface area (Å²) < 4.78 is 11.7. The maximum atomic E-state index is 11.7. The van der Waals surface area contributed by atoms with Crippen LogP contribution >= 0.6 is 0 Å². The number of nitrogens with zero attached hydrogens (tertiary/aromatic N) is 1. The van der Waals surface area contributed by atoms with Crippen molar-refractivity contribution in [3.8, 4) is 0 Å². The number of aliphatic imine (C=N–C) groups is 1. The van der Waals surface area contributed by atoms with E-state index >= 15 is 0 Å². The van der Waals surface area contributed by atoms with Crippen LogP contribution in [0, 0.1) is 0 Å². The summed E-state index contributed by atoms with van der Waals surface area (Å²) in [4.78, 5) is 3.89. The molecule has 0 bridgehead atoms. The van der Waals surface area contributed by atoms with Crippen molar-refractivity contribution in [2.24, 2.45) is 4.99 Å². The third-order valence-corrected chi connectivity index (χ3v) is 0.896. The van der Waals surface area contributed by atoms with Gasteiger partial charge in [-0.3, -0.25) is 4.99 Å². The topological polar surface area (TPSA) is 12.4 Å². The Bertz CT molecular complexity index is 116. The van der Waals surface area contributed by atoms with Gasteiger partial charge < -0.3 is 0 Å². The van der Waals surface area contributed by atoms with E-state index in [0.29, 0.717) is 12.3 Å². The van der Waals surface area contributed by atoms with Crippen LogP contribution in [0.5, 0.6) is 0 Å². The molecule has 0 aliphatic carbocycles. The lowest BCUT2D eigenvalue weighted by molar-refractivity contribution is 0.579. The quantitative estimate of drug-likeness (QED) is 0.408. The van der Waals surface area contributed by atoms with Crippen molar-refractivity contribution in [1.29, 1.82) is 0 Å². The highest BCUT2D eigenvalue weighted by molar-refractivity contribution is 5.83. The first-order valence-electron chi connectivity index (χ1n) is 2.98. The van der Waals surface area contributed by atoms with Gasteiger partial charge in [0.15, 0.2) is 0 Å². The average Bonchev–Trinajstić information content (AvgIpc) is 1.89. The Morgan fingerprint density at radius 2 is 2.33 bits per heavy atom. The van der Waals surface area contributed by atoms with Crippen molar-refractivity contribution < 1.29 is 4.39 Å². The van der Waals surface area contributed by atoms with E-state index in [0.717, 1.165) is 0 Å². The first kappa shape index (κ1) is 8.34. The molecule has 0 radical (unpaired) electrons. The maximum absolute atomic E-state index is 11.7. The molecule has 0 aromatic heterocycles. The summed E-state index contributed by atoms with van der Waals surface area (Å²) in [5.41, 5.74) is 0.563. The fraction of sp³-hybridized carbons (Fsp3) is 0.571. The Morgan fingerprint density at radius 1 is 1.67 bits per heavy atom. The van der Waals surface area contributed by atoms with Crippen LogP contribution in [-0.4, -0.2) is 18.9 Å². The summed E-state index contributed by atoms with van der Waals surface area (Å²) >= 11 is 0. The average molecular weight is 129 g/mol. The molecule has 0 aromatic rings. The molecule has 0 amide bonds. The number of halogens is 1. The normalized spacial score (nSPS) is 13.0. The van der Waals surface area contributed by atoms with Crippen LogP contribution < -0.4 is 0 Å². The SMILES string of the molecule is C/C=C\CN=C(C)CF. The molecule has 0 saturated carbocycles. The van der Waals surface area contributed by atoms with E-state index in [2.05, 4.69) is 4.99 Å². The second kappa shape index (κ2) is 5.48. The molecule has 0 atom stereocenters. The number of hydrogen-bond donors (Lipinski definition) is 0. The van der Waals surface area contributed by atoms with Crippen molar-refractivity contribution in [3.63, 3.8) is 0 Å². The van der Waals surface area contributed by atoms with E-state index in [1.807, 2.05) is 19.1 Å². The highest BCUT2D eigenvalue weighted by Crippen LogP contribution is 1.80. The first-order chi connectivity index (χ1) is 4.31. The van der Waals surface area contributed by atoms with Gasteiger partial charge in [0.25, 0.3) is 0 Å². The predicted molar refractivity (Wildman–Crippen MR) is 38.8 cm³/mol. The van der Waals surface area contributed by atoms with Gasteiger partial charge in [-0.15, -0.1) is 0 Å². The summed E-state index contributed by atoms with van der Waals surface area (Å²) in [5.74, 6) is 0. The number of rotatable bonds is 3. The van der Waals surface area contributed by atoms with Crippen LogP contribution in [0.15, 0.2) is 17.1 Å². The molecular formula is C7H12FN. The lowest BCUT2D eigenvalue weighted by Gasteiger charge is -1.87. The van der Waals surface area contributed by atoms with Gasteiger partial charge in [-0.25, -0.2) is 4.39 Å². The van der Waals surface area contributed by atoms with E-state index in [-0.39, 0.29) is 0 Å². The third kappa shape index (κ3) is 5.21. The second-order valence-corrected chi connectivity index (χ2v) is 1.78. The summed E-state index contributed by atoms with van der Waals surface area (Å²) in [6.45, 7) is 3.77. The van der Waals surface area contributed by atoms with E-state index < -0.39 is 6.67 Å². The van der Waals surface area contributed by atoms with E-state index in [4.69, 9.17) is 0 Å². The van der Waals surface area contributed by atoms with Gasteiger partial charge >= 0.3 is 0 Å². The zero-order chi connectivity index (χ0) is 7.11. The van der Waals surface area contributed by atoms with Crippen molar-refractivity contribution in [1.82, 2.24) is 0 Å². The van der Waals surface area contributed by atoms with Crippen LogP contribution in [0.25, 0.3) is 0 Å². The Morgan fingerprint density at radius 3 is 2.78 bits per heavy atom. The Kier molecular flexibility index (Phi) is 5.07. The van der Waals surface area contributed by atoms with Crippen molar-refractivity contribution >= 4 is 5.71 Å². The van der Waals surface area contributed by atoms with Crippen LogP contribution in [0.1, 0.15) is 13.8 Å². The molecule has 0 aliphatic heterocycles. The lowest BCUT2D eigenvalue weighted by Crippen LogP contribution is -1.93. The highest BCUT2D eigenvalue weighted by atomic mass is 19.1. The first-order valence-corrected chi connectivity index (χ1v) is 2.98. The molecule has 0 spiro atoms. The zero-order valence-corrected chi connectivity index (χ0v) is 5.89. The number of alkyl halides is 1. The Balaban J connectivity index is 3.43. The van der Waals surface area contributed by atoms with Gasteiger partial charge in [0.05, 0.1) is 6.54 Å². The molecule has 0 unspecified atom stereocenters. The molecule has 0 N–H and O–H groups in total. The molecule has 1 nitrogen and oxygen atoms in total. The van der Waals surface area contributed by atoms with E-state index in [9.17, 15) is 4.39 Å². The molecule has 0 aliphatic rings. The number of hydrogen-bond acceptors (Lipinski definition) is 1. The van der Waals surface area contributed by atoms with Crippen molar-refractivity contribution in [2.75, 3.05) is 13.2 Å². The summed E-state index contributed by atoms with van der Waals surface area (Å²) in [5, 5.41) is 0. The molecule has 52 valence electrons. The minimum Gasteiger partial charge on any atom is -0.288 e. The molecule has 0 fully saturated rings. The molecule has 2 heteroatoms. The summed E-state index contributed by atoms with van der Waals surface area (Å²) in [6, 6.07) is 0. The standard InChI is InChI=1S/C7H12FN/c1-3-4-5-9-7(2)6-8/h3-4H,5-6H2,1-2H3/b4-3-,9-7?. The van der Waals surface area contributed by atoms with Crippen molar-refractivity contribution in [2.45, 2.75) is 13.8 Å². The fourth-order valence-corrected chi connectivity index (χ4v) is 0.356. The molecule has 0 heterocycles. The number of allylic oxidation sites excluding steroid dienone is 1. The van der Waals surface area contributed by atoms with Gasteiger partial charge in [-0.1, -0.05) is 12.2 Å². The van der Waals surface area contributed by atoms with Crippen molar-refractivity contribution in [3.05, 3.63) is 12.2 Å². The molecule has 0 saturated heterocycles. The molecule has 9 heavy (non-hydrogen) atoms. The van der Waals surface area contributed by atoms with Gasteiger partial charge in [0, 0.05) is 5.71 Å². The third-order valence-electron chi connectivity index (χ3n) is 0.896. The minimum atomic E-state index is -0.433. The fourth-order valence-electron chi connectivity index (χ4n) is 0.356. The predicted octanol–water partition coefficient (Wildman–Crippen LogP) is 1.99. The molecule has 0 rings (SSSR count). The van der Waals surface area contributed by atoms with Gasteiger partial charge in [-0.05, 0) is 13.8 Å². The second-order valence-electron chi connectivity index (χ2n) is 1.78. The minimum absolute atomic E-state index is 0.433. The lowest BCUT2D eigenvalue weighted by atomic mass is 10.4. The van der Waals surface area contributed by atoms with Gasteiger partial charge in [-0.2, -0.15) is 0 Å². The largest absolute Gasteiger partial charge is 0.288 e. The maximum Gasteiger partial charge on any atom is 0.127 e. The van der Waals surface area contributed by atoms with E-state index in [1.165, 1.54) is 0 Å². The Labute approximate surface area is 55.3 Å². The van der Waals surface area contributed by atoms with Gasteiger partial charge in [0.1, 0.15) is 6.67 Å². The van der Waals surface area contributed by atoms with Crippen LogP contribution in [0.4, 0.5) is 4.39 Å². The highest BCUT2D eigenvalue weighted by Gasteiger charge is 1.83. The monoisotopic (exact) mass is 129 g/mol.